The monoisotopic (exact) mass is 382 g/mol. The Kier molecular flexibility index (Phi) is 4.49. The van der Waals surface area contributed by atoms with E-state index in [1.54, 1.807) is 16.9 Å². The summed E-state index contributed by atoms with van der Waals surface area (Å²) in [7, 11) is 0. The van der Waals surface area contributed by atoms with E-state index in [1.807, 2.05) is 0 Å². The molecule has 0 saturated carbocycles. The summed E-state index contributed by atoms with van der Waals surface area (Å²) in [5.74, 6) is -0.242. The van der Waals surface area contributed by atoms with E-state index in [-0.39, 0.29) is 23.2 Å². The molecule has 1 aliphatic heterocycles. The molecule has 3 heterocycles. The number of nitriles is 1. The van der Waals surface area contributed by atoms with Crippen LogP contribution < -0.4 is 4.74 Å². The minimum absolute atomic E-state index is 0.0169. The van der Waals surface area contributed by atoms with E-state index in [0.29, 0.717) is 37.0 Å². The molecule has 1 amide bonds. The lowest BCUT2D eigenvalue weighted by molar-refractivity contribution is 0.124. The van der Waals surface area contributed by atoms with Crippen molar-refractivity contribution in [3.63, 3.8) is 0 Å². The Morgan fingerprint density at radius 2 is 2.11 bits per heavy atom. The topological polar surface area (TPSA) is 117 Å². The number of aromatic nitrogens is 4. The first-order valence-corrected chi connectivity index (χ1v) is 8.60. The molecule has 4 rings (SSSR count). The third-order valence-corrected chi connectivity index (χ3v) is 4.71. The van der Waals surface area contributed by atoms with Gasteiger partial charge in [-0.25, -0.2) is 23.8 Å². The highest BCUT2D eigenvalue weighted by atomic mass is 19.1. The van der Waals surface area contributed by atoms with Crippen molar-refractivity contribution < 1.29 is 19.0 Å². The maximum Gasteiger partial charge on any atom is 0.407 e. The second kappa shape index (κ2) is 7.11. The van der Waals surface area contributed by atoms with E-state index in [0.717, 1.165) is 6.07 Å². The summed E-state index contributed by atoms with van der Waals surface area (Å²) in [4.78, 5) is 20.8. The van der Waals surface area contributed by atoms with Crippen molar-refractivity contribution in [2.75, 3.05) is 13.1 Å². The highest BCUT2D eigenvalue weighted by molar-refractivity contribution is 5.80. The van der Waals surface area contributed by atoms with E-state index in [4.69, 9.17) is 15.1 Å². The van der Waals surface area contributed by atoms with Gasteiger partial charge in [-0.05, 0) is 25.0 Å². The SMILES string of the molecule is N#Cc1ccc(Oc2ncnc3c2cnn3C2CCN(C(=O)O)CC2)cc1F. The van der Waals surface area contributed by atoms with Crippen molar-refractivity contribution in [1.29, 1.82) is 5.26 Å². The third kappa shape index (κ3) is 3.18. The number of ether oxygens (including phenoxy) is 1. The van der Waals surface area contributed by atoms with Gasteiger partial charge >= 0.3 is 6.09 Å². The highest BCUT2D eigenvalue weighted by Gasteiger charge is 2.26. The average Bonchev–Trinajstić information content (AvgIpc) is 3.13. The van der Waals surface area contributed by atoms with Crippen LogP contribution in [0.2, 0.25) is 0 Å². The van der Waals surface area contributed by atoms with Gasteiger partial charge < -0.3 is 14.7 Å². The van der Waals surface area contributed by atoms with Crippen LogP contribution >= 0.6 is 0 Å². The van der Waals surface area contributed by atoms with Crippen LogP contribution in [0.25, 0.3) is 11.0 Å². The molecule has 0 unspecified atom stereocenters. The van der Waals surface area contributed by atoms with Crippen LogP contribution in [0.15, 0.2) is 30.7 Å². The van der Waals surface area contributed by atoms with Crippen molar-refractivity contribution in [2.45, 2.75) is 18.9 Å². The fourth-order valence-electron chi connectivity index (χ4n) is 3.25. The Balaban J connectivity index is 1.60. The lowest BCUT2D eigenvalue weighted by Gasteiger charge is -2.30. The first-order valence-electron chi connectivity index (χ1n) is 8.60. The minimum Gasteiger partial charge on any atom is -0.465 e. The highest BCUT2D eigenvalue weighted by Crippen LogP contribution is 2.31. The van der Waals surface area contributed by atoms with Crippen LogP contribution in [0, 0.1) is 17.1 Å². The Labute approximate surface area is 158 Å². The zero-order valence-electron chi connectivity index (χ0n) is 14.6. The molecule has 1 saturated heterocycles. The number of hydrogen-bond donors (Lipinski definition) is 1. The number of rotatable bonds is 3. The number of amides is 1. The lowest BCUT2D eigenvalue weighted by atomic mass is 10.1. The molecule has 0 bridgehead atoms. The van der Waals surface area contributed by atoms with Gasteiger partial charge in [-0.1, -0.05) is 0 Å². The predicted octanol–water partition coefficient (Wildman–Crippen LogP) is 2.94. The fourth-order valence-corrected chi connectivity index (χ4v) is 3.25. The minimum atomic E-state index is -0.920. The van der Waals surface area contributed by atoms with Gasteiger partial charge in [-0.3, -0.25) is 0 Å². The number of halogens is 1. The number of fused-ring (bicyclic) bond motifs is 1. The Morgan fingerprint density at radius 3 is 2.79 bits per heavy atom. The molecule has 0 atom stereocenters. The van der Waals surface area contributed by atoms with E-state index in [2.05, 4.69) is 15.1 Å². The third-order valence-electron chi connectivity index (χ3n) is 4.71. The van der Waals surface area contributed by atoms with Gasteiger partial charge in [-0.15, -0.1) is 0 Å². The molecule has 1 aromatic carbocycles. The van der Waals surface area contributed by atoms with Crippen LogP contribution in [0.4, 0.5) is 9.18 Å². The Hall–Kier alpha value is -3.74. The van der Waals surface area contributed by atoms with Crippen LogP contribution in [0.5, 0.6) is 11.6 Å². The van der Waals surface area contributed by atoms with E-state index >= 15 is 0 Å². The van der Waals surface area contributed by atoms with Gasteiger partial charge in [0.2, 0.25) is 5.88 Å². The van der Waals surface area contributed by atoms with Gasteiger partial charge in [0.05, 0.1) is 17.8 Å². The van der Waals surface area contributed by atoms with Crippen LogP contribution in [0.1, 0.15) is 24.4 Å². The van der Waals surface area contributed by atoms with Crippen LogP contribution in [-0.2, 0) is 0 Å². The molecular weight excluding hydrogens is 367 g/mol. The van der Waals surface area contributed by atoms with Gasteiger partial charge in [0.1, 0.15) is 29.3 Å². The molecule has 0 spiro atoms. The predicted molar refractivity (Wildman–Crippen MR) is 94.4 cm³/mol. The van der Waals surface area contributed by atoms with Crippen molar-refractivity contribution in [1.82, 2.24) is 24.6 Å². The van der Waals surface area contributed by atoms with Gasteiger partial charge in [0.25, 0.3) is 0 Å². The van der Waals surface area contributed by atoms with E-state index in [9.17, 15) is 9.18 Å². The fraction of sp³-hybridized carbons (Fsp3) is 0.278. The molecule has 2 aromatic heterocycles. The molecule has 0 aliphatic carbocycles. The normalized spacial score (nSPS) is 14.8. The number of carbonyl (C=O) groups is 1. The standard InChI is InChI=1S/C18H15FN6O3/c19-15-7-13(2-1-11(15)8-20)28-17-14-9-23-25(16(14)21-10-22-17)12-3-5-24(6-4-12)18(26)27/h1-2,7,9-10,12H,3-6H2,(H,26,27). The van der Waals surface area contributed by atoms with Crippen molar-refractivity contribution in [3.8, 4) is 17.7 Å². The van der Waals surface area contributed by atoms with Crippen molar-refractivity contribution >= 4 is 17.1 Å². The summed E-state index contributed by atoms with van der Waals surface area (Å²) in [6.07, 6.45) is 3.25. The van der Waals surface area contributed by atoms with Crippen molar-refractivity contribution in [3.05, 3.63) is 42.1 Å². The number of benzene rings is 1. The van der Waals surface area contributed by atoms with Gasteiger partial charge in [0.15, 0.2) is 5.65 Å². The quantitative estimate of drug-likeness (QED) is 0.740. The smallest absolute Gasteiger partial charge is 0.407 e. The molecule has 3 aromatic rings. The average molecular weight is 382 g/mol. The molecule has 10 heteroatoms. The van der Waals surface area contributed by atoms with Crippen LogP contribution in [-0.4, -0.2) is 48.9 Å². The molecular formula is C18H15FN6O3. The largest absolute Gasteiger partial charge is 0.465 e. The van der Waals surface area contributed by atoms with Crippen LogP contribution in [0.3, 0.4) is 0 Å². The van der Waals surface area contributed by atoms with E-state index < -0.39 is 11.9 Å². The second-order valence-corrected chi connectivity index (χ2v) is 6.36. The molecule has 9 nitrogen and oxygen atoms in total. The number of piperidine rings is 1. The first kappa shape index (κ1) is 17.7. The zero-order valence-corrected chi connectivity index (χ0v) is 14.6. The Bertz CT molecular complexity index is 1080. The van der Waals surface area contributed by atoms with Gasteiger partial charge in [-0.2, -0.15) is 10.4 Å². The van der Waals surface area contributed by atoms with E-state index in [1.165, 1.54) is 23.4 Å². The summed E-state index contributed by atoms with van der Waals surface area (Å²) in [5, 5.41) is 22.8. The summed E-state index contributed by atoms with van der Waals surface area (Å²) in [6.45, 7) is 0.862. The molecule has 0 radical (unpaired) electrons. The summed E-state index contributed by atoms with van der Waals surface area (Å²) >= 11 is 0. The molecule has 1 aliphatic rings. The van der Waals surface area contributed by atoms with Gasteiger partial charge in [0, 0.05) is 19.2 Å². The molecule has 1 fully saturated rings. The number of likely N-dealkylation sites (tertiary alicyclic amines) is 1. The first-order chi connectivity index (χ1) is 13.6. The molecule has 142 valence electrons. The molecule has 28 heavy (non-hydrogen) atoms. The summed E-state index contributed by atoms with van der Waals surface area (Å²) in [6, 6.07) is 5.72. The zero-order chi connectivity index (χ0) is 19.7. The lowest BCUT2D eigenvalue weighted by Crippen LogP contribution is -2.38. The summed E-state index contributed by atoms with van der Waals surface area (Å²) < 4.78 is 21.2. The maximum absolute atomic E-state index is 13.8. The Morgan fingerprint density at radius 1 is 1.32 bits per heavy atom. The van der Waals surface area contributed by atoms with Crippen molar-refractivity contribution in [2.24, 2.45) is 0 Å². The summed E-state index contributed by atoms with van der Waals surface area (Å²) in [5.41, 5.74) is 0.494. The number of nitrogens with zero attached hydrogens (tertiary/aromatic N) is 6. The molecule has 1 N–H and O–H groups in total. The number of carboxylic acid groups (broad SMARTS) is 1. The second-order valence-electron chi connectivity index (χ2n) is 6.36. The maximum atomic E-state index is 13.8. The number of hydrogen-bond acceptors (Lipinski definition) is 6.